The predicted molar refractivity (Wildman–Crippen MR) is 78.7 cm³/mol. The second-order valence-electron chi connectivity index (χ2n) is 5.35. The Hall–Kier alpha value is -1.59. The van der Waals surface area contributed by atoms with E-state index in [0.717, 1.165) is 24.9 Å². The Labute approximate surface area is 119 Å². The molecule has 1 heterocycles. The number of benzene rings is 1. The van der Waals surface area contributed by atoms with Crippen molar-refractivity contribution < 1.29 is 8.42 Å². The summed E-state index contributed by atoms with van der Waals surface area (Å²) in [6.07, 6.45) is 6.39. The normalized spacial score (nSPS) is 18.8. The number of nitrogens with two attached hydrogens (primary N) is 1. The molecule has 1 aliphatic rings. The van der Waals surface area contributed by atoms with E-state index >= 15 is 0 Å². The molecule has 0 saturated carbocycles. The first-order chi connectivity index (χ1) is 9.47. The number of fused-ring (bicyclic) bond motifs is 1. The quantitative estimate of drug-likeness (QED) is 0.922. The molecule has 0 radical (unpaired) electrons. The Kier molecular flexibility index (Phi) is 3.18. The zero-order valence-corrected chi connectivity index (χ0v) is 12.2. The molecule has 3 rings (SSSR count). The van der Waals surface area contributed by atoms with Crippen LogP contribution in [0.2, 0.25) is 0 Å². The standard InChI is InChI=1S/C15H18N2O2S/c1-20(18,19)12-7-5-11(6-8-12)17-10-9-13-14(16)3-2-4-15(13)17/h5-10,14H,2-4,16H2,1H3. The van der Waals surface area contributed by atoms with Crippen LogP contribution in [0.25, 0.3) is 5.69 Å². The van der Waals surface area contributed by atoms with Gasteiger partial charge in [0.25, 0.3) is 0 Å². The van der Waals surface area contributed by atoms with Gasteiger partial charge in [0.15, 0.2) is 9.84 Å². The molecule has 2 N–H and O–H groups in total. The van der Waals surface area contributed by atoms with Crippen molar-refractivity contribution in [1.82, 2.24) is 4.57 Å². The van der Waals surface area contributed by atoms with Gasteiger partial charge in [0.05, 0.1) is 4.90 Å². The SMILES string of the molecule is CS(=O)(=O)c1ccc(-n2ccc3c2CCCC3N)cc1. The Morgan fingerprint density at radius 3 is 2.55 bits per heavy atom. The molecule has 1 unspecified atom stereocenters. The summed E-state index contributed by atoms with van der Waals surface area (Å²) in [4.78, 5) is 0.346. The van der Waals surface area contributed by atoms with Crippen molar-refractivity contribution in [3.05, 3.63) is 47.8 Å². The Bertz CT molecular complexity index is 730. The van der Waals surface area contributed by atoms with Crippen molar-refractivity contribution >= 4 is 9.84 Å². The highest BCUT2D eigenvalue weighted by Crippen LogP contribution is 2.30. The highest BCUT2D eigenvalue weighted by atomic mass is 32.2. The van der Waals surface area contributed by atoms with Crippen LogP contribution < -0.4 is 5.73 Å². The van der Waals surface area contributed by atoms with E-state index in [1.54, 1.807) is 12.1 Å². The third-order valence-corrected chi connectivity index (χ3v) is 5.03. The molecule has 5 heteroatoms. The molecule has 20 heavy (non-hydrogen) atoms. The van der Waals surface area contributed by atoms with Crippen LogP contribution in [-0.2, 0) is 16.3 Å². The zero-order valence-electron chi connectivity index (χ0n) is 11.4. The van der Waals surface area contributed by atoms with Crippen LogP contribution in [0.5, 0.6) is 0 Å². The summed E-state index contributed by atoms with van der Waals surface area (Å²) >= 11 is 0. The van der Waals surface area contributed by atoms with Gasteiger partial charge in [0, 0.05) is 29.9 Å². The first-order valence-corrected chi connectivity index (χ1v) is 8.62. The van der Waals surface area contributed by atoms with Gasteiger partial charge in [-0.15, -0.1) is 0 Å². The lowest BCUT2D eigenvalue weighted by Gasteiger charge is -2.21. The number of hydrogen-bond acceptors (Lipinski definition) is 3. The number of rotatable bonds is 2. The van der Waals surface area contributed by atoms with Crippen LogP contribution in [0.15, 0.2) is 41.4 Å². The van der Waals surface area contributed by atoms with Crippen LogP contribution in [0, 0.1) is 0 Å². The van der Waals surface area contributed by atoms with Gasteiger partial charge in [-0.1, -0.05) is 0 Å². The molecule has 4 nitrogen and oxygen atoms in total. The monoisotopic (exact) mass is 290 g/mol. The summed E-state index contributed by atoms with van der Waals surface area (Å²) in [7, 11) is -3.14. The fourth-order valence-electron chi connectivity index (χ4n) is 2.82. The molecule has 0 aliphatic heterocycles. The van der Waals surface area contributed by atoms with Gasteiger partial charge in [-0.2, -0.15) is 0 Å². The molecule has 1 atom stereocenters. The summed E-state index contributed by atoms with van der Waals surface area (Å²) in [5.74, 6) is 0. The number of sulfone groups is 1. The number of nitrogens with zero attached hydrogens (tertiary/aromatic N) is 1. The second-order valence-corrected chi connectivity index (χ2v) is 7.37. The van der Waals surface area contributed by atoms with Gasteiger partial charge in [-0.25, -0.2) is 8.42 Å². The molecule has 106 valence electrons. The van der Waals surface area contributed by atoms with Crippen molar-refractivity contribution in [2.75, 3.05) is 6.26 Å². The number of hydrogen-bond donors (Lipinski definition) is 1. The van der Waals surface area contributed by atoms with E-state index in [1.807, 2.05) is 18.3 Å². The summed E-state index contributed by atoms with van der Waals surface area (Å²) < 4.78 is 25.1. The second kappa shape index (κ2) is 4.75. The summed E-state index contributed by atoms with van der Waals surface area (Å²) in [5.41, 5.74) is 9.56. The van der Waals surface area contributed by atoms with Crippen LogP contribution in [-0.4, -0.2) is 19.2 Å². The van der Waals surface area contributed by atoms with Crippen molar-refractivity contribution in [1.29, 1.82) is 0 Å². The Morgan fingerprint density at radius 2 is 1.90 bits per heavy atom. The molecule has 1 aliphatic carbocycles. The molecular formula is C15H18N2O2S. The molecule has 0 fully saturated rings. The Morgan fingerprint density at radius 1 is 1.20 bits per heavy atom. The maximum atomic E-state index is 11.5. The topological polar surface area (TPSA) is 65.1 Å². The average molecular weight is 290 g/mol. The molecule has 2 aromatic rings. The van der Waals surface area contributed by atoms with Crippen LogP contribution >= 0.6 is 0 Å². The van der Waals surface area contributed by atoms with Crippen molar-refractivity contribution in [3.63, 3.8) is 0 Å². The highest BCUT2D eigenvalue weighted by Gasteiger charge is 2.20. The van der Waals surface area contributed by atoms with Crippen LogP contribution in [0.1, 0.15) is 30.1 Å². The maximum Gasteiger partial charge on any atom is 0.175 e. The van der Waals surface area contributed by atoms with E-state index in [1.165, 1.54) is 17.5 Å². The fourth-order valence-corrected chi connectivity index (χ4v) is 3.45. The molecular weight excluding hydrogens is 272 g/mol. The minimum absolute atomic E-state index is 0.121. The lowest BCUT2D eigenvalue weighted by Crippen LogP contribution is -2.17. The predicted octanol–water partition coefficient (Wildman–Crippen LogP) is 2.22. The van der Waals surface area contributed by atoms with Gasteiger partial charge >= 0.3 is 0 Å². The van der Waals surface area contributed by atoms with Gasteiger partial charge in [0.1, 0.15) is 0 Å². The largest absolute Gasteiger partial charge is 0.324 e. The summed E-state index contributed by atoms with van der Waals surface area (Å²) in [5, 5.41) is 0. The van der Waals surface area contributed by atoms with Crippen molar-refractivity contribution in [3.8, 4) is 5.69 Å². The van der Waals surface area contributed by atoms with E-state index < -0.39 is 9.84 Å². The minimum Gasteiger partial charge on any atom is -0.324 e. The minimum atomic E-state index is -3.14. The maximum absolute atomic E-state index is 11.5. The fraction of sp³-hybridized carbons (Fsp3) is 0.333. The number of aromatic nitrogens is 1. The van der Waals surface area contributed by atoms with E-state index in [0.29, 0.717) is 4.90 Å². The molecule has 0 amide bonds. The first-order valence-electron chi connectivity index (χ1n) is 6.73. The lowest BCUT2D eigenvalue weighted by molar-refractivity contribution is 0.560. The first kappa shape index (κ1) is 13.4. The molecule has 0 bridgehead atoms. The third kappa shape index (κ3) is 2.27. The van der Waals surface area contributed by atoms with E-state index in [2.05, 4.69) is 10.6 Å². The third-order valence-electron chi connectivity index (χ3n) is 3.90. The zero-order chi connectivity index (χ0) is 14.3. The average Bonchev–Trinajstić information content (AvgIpc) is 2.83. The van der Waals surface area contributed by atoms with Crippen molar-refractivity contribution in [2.45, 2.75) is 30.2 Å². The molecule has 1 aromatic heterocycles. The highest BCUT2D eigenvalue weighted by molar-refractivity contribution is 7.90. The van der Waals surface area contributed by atoms with Gasteiger partial charge in [-0.3, -0.25) is 0 Å². The van der Waals surface area contributed by atoms with E-state index in [-0.39, 0.29) is 6.04 Å². The smallest absolute Gasteiger partial charge is 0.175 e. The summed E-state index contributed by atoms with van der Waals surface area (Å²) in [6, 6.07) is 9.19. The van der Waals surface area contributed by atoms with E-state index in [9.17, 15) is 8.42 Å². The lowest BCUT2D eigenvalue weighted by atomic mass is 9.93. The Balaban J connectivity index is 2.02. The van der Waals surface area contributed by atoms with E-state index in [4.69, 9.17) is 5.73 Å². The van der Waals surface area contributed by atoms with Gasteiger partial charge < -0.3 is 10.3 Å². The summed E-state index contributed by atoms with van der Waals surface area (Å²) in [6.45, 7) is 0. The van der Waals surface area contributed by atoms with Crippen molar-refractivity contribution in [2.24, 2.45) is 5.73 Å². The molecule has 0 spiro atoms. The van der Waals surface area contributed by atoms with Crippen LogP contribution in [0.4, 0.5) is 0 Å². The molecule has 1 aromatic carbocycles. The molecule has 0 saturated heterocycles. The van der Waals surface area contributed by atoms with Gasteiger partial charge in [0.2, 0.25) is 0 Å². The van der Waals surface area contributed by atoms with Crippen LogP contribution in [0.3, 0.4) is 0 Å². The van der Waals surface area contributed by atoms with Gasteiger partial charge in [-0.05, 0) is 55.2 Å².